The SMILES string of the molecule is N#C/C(=C/Nc1ccccn1)C(N)=S. The van der Waals surface area contributed by atoms with Gasteiger partial charge in [-0.3, -0.25) is 0 Å². The molecule has 0 fully saturated rings. The first-order chi connectivity index (χ1) is 6.74. The smallest absolute Gasteiger partial charge is 0.129 e. The molecule has 1 aromatic rings. The fourth-order valence-corrected chi connectivity index (χ4v) is 0.857. The number of hydrogen-bond acceptors (Lipinski definition) is 4. The Hall–Kier alpha value is -1.93. The molecule has 0 saturated carbocycles. The van der Waals surface area contributed by atoms with Crippen molar-refractivity contribution in [3.8, 4) is 6.07 Å². The van der Waals surface area contributed by atoms with Gasteiger partial charge in [0.15, 0.2) is 0 Å². The Morgan fingerprint density at radius 2 is 2.43 bits per heavy atom. The van der Waals surface area contributed by atoms with Crippen LogP contribution in [-0.4, -0.2) is 9.97 Å². The Balaban J connectivity index is 2.73. The van der Waals surface area contributed by atoms with Crippen LogP contribution in [0.15, 0.2) is 36.2 Å². The molecule has 70 valence electrons. The number of nitrogens with one attached hydrogen (secondary N) is 1. The van der Waals surface area contributed by atoms with Crippen LogP contribution in [0, 0.1) is 11.3 Å². The molecule has 3 N–H and O–H groups in total. The van der Waals surface area contributed by atoms with Gasteiger partial charge in [-0.25, -0.2) is 4.98 Å². The Kier molecular flexibility index (Phi) is 3.58. The van der Waals surface area contributed by atoms with Crippen molar-refractivity contribution in [3.05, 3.63) is 36.2 Å². The van der Waals surface area contributed by atoms with Gasteiger partial charge in [-0.05, 0) is 12.1 Å². The standard InChI is InChI=1S/C9H8N4S/c10-5-7(9(11)14)6-13-8-3-1-2-4-12-8/h1-4,6H,(H2,11,14)(H,12,13)/b7-6-. The molecule has 0 saturated heterocycles. The van der Waals surface area contributed by atoms with Crippen LogP contribution in [0.2, 0.25) is 0 Å². The van der Waals surface area contributed by atoms with E-state index in [1.165, 1.54) is 6.20 Å². The lowest BCUT2D eigenvalue weighted by molar-refractivity contribution is 1.31. The van der Waals surface area contributed by atoms with E-state index in [0.29, 0.717) is 5.82 Å². The van der Waals surface area contributed by atoms with Gasteiger partial charge in [0.1, 0.15) is 22.4 Å². The summed E-state index contributed by atoms with van der Waals surface area (Å²) in [5.74, 6) is 0.636. The maximum Gasteiger partial charge on any atom is 0.129 e. The number of anilines is 1. The van der Waals surface area contributed by atoms with Crippen molar-refractivity contribution in [2.75, 3.05) is 5.32 Å². The first-order valence-electron chi connectivity index (χ1n) is 3.81. The molecule has 0 aromatic carbocycles. The van der Waals surface area contributed by atoms with Crippen LogP contribution in [0.25, 0.3) is 0 Å². The highest BCUT2D eigenvalue weighted by Gasteiger charge is 1.97. The number of nitriles is 1. The molecule has 14 heavy (non-hydrogen) atoms. The zero-order chi connectivity index (χ0) is 10.4. The van der Waals surface area contributed by atoms with Crippen molar-refractivity contribution >= 4 is 23.0 Å². The molecule has 0 unspecified atom stereocenters. The maximum atomic E-state index is 8.63. The van der Waals surface area contributed by atoms with Gasteiger partial charge in [0, 0.05) is 12.4 Å². The molecule has 1 rings (SSSR count). The molecule has 0 aliphatic carbocycles. The van der Waals surface area contributed by atoms with E-state index in [4.69, 9.17) is 11.0 Å². The fourth-order valence-electron chi connectivity index (χ4n) is 0.753. The second-order valence-electron chi connectivity index (χ2n) is 2.39. The summed E-state index contributed by atoms with van der Waals surface area (Å²) in [4.78, 5) is 4.06. The van der Waals surface area contributed by atoms with Gasteiger partial charge in [-0.2, -0.15) is 5.26 Å². The highest BCUT2D eigenvalue weighted by molar-refractivity contribution is 7.80. The summed E-state index contributed by atoms with van der Waals surface area (Å²) in [5, 5.41) is 11.4. The van der Waals surface area contributed by atoms with Gasteiger partial charge < -0.3 is 11.1 Å². The third-order valence-corrected chi connectivity index (χ3v) is 1.64. The van der Waals surface area contributed by atoms with Gasteiger partial charge in [-0.1, -0.05) is 18.3 Å². The topological polar surface area (TPSA) is 74.7 Å². The second-order valence-corrected chi connectivity index (χ2v) is 2.83. The van der Waals surface area contributed by atoms with E-state index < -0.39 is 0 Å². The summed E-state index contributed by atoms with van der Waals surface area (Å²) in [6, 6.07) is 7.27. The number of rotatable bonds is 3. The predicted molar refractivity (Wildman–Crippen MR) is 58.3 cm³/mol. The molecule has 0 atom stereocenters. The molecule has 4 nitrogen and oxygen atoms in total. The summed E-state index contributed by atoms with van der Waals surface area (Å²) in [7, 11) is 0. The summed E-state index contributed by atoms with van der Waals surface area (Å²) in [6.07, 6.45) is 3.08. The number of thiocarbonyl (C=S) groups is 1. The molecule has 1 heterocycles. The molecular weight excluding hydrogens is 196 g/mol. The van der Waals surface area contributed by atoms with E-state index in [1.54, 1.807) is 18.3 Å². The molecule has 5 heteroatoms. The van der Waals surface area contributed by atoms with Crippen molar-refractivity contribution in [1.29, 1.82) is 5.26 Å². The maximum absolute atomic E-state index is 8.63. The largest absolute Gasteiger partial charge is 0.389 e. The second kappa shape index (κ2) is 4.94. The van der Waals surface area contributed by atoms with Gasteiger partial charge >= 0.3 is 0 Å². The molecule has 0 spiro atoms. The molecule has 0 aliphatic rings. The molecule has 0 aliphatic heterocycles. The van der Waals surface area contributed by atoms with Gasteiger partial charge in [0.2, 0.25) is 0 Å². The van der Waals surface area contributed by atoms with E-state index >= 15 is 0 Å². The van der Waals surface area contributed by atoms with Crippen LogP contribution in [0.1, 0.15) is 0 Å². The summed E-state index contributed by atoms with van der Waals surface area (Å²) >= 11 is 4.66. The monoisotopic (exact) mass is 204 g/mol. The third kappa shape index (κ3) is 2.84. The lowest BCUT2D eigenvalue weighted by Gasteiger charge is -1.99. The van der Waals surface area contributed by atoms with E-state index in [9.17, 15) is 0 Å². The highest BCUT2D eigenvalue weighted by Crippen LogP contribution is 2.01. The van der Waals surface area contributed by atoms with Crippen LogP contribution in [0.4, 0.5) is 5.82 Å². The number of nitrogens with zero attached hydrogens (tertiary/aromatic N) is 2. The minimum atomic E-state index is 0.0657. The van der Waals surface area contributed by atoms with Gasteiger partial charge in [-0.15, -0.1) is 0 Å². The summed E-state index contributed by atoms with van der Waals surface area (Å²) < 4.78 is 0. The van der Waals surface area contributed by atoms with E-state index in [2.05, 4.69) is 22.5 Å². The highest BCUT2D eigenvalue weighted by atomic mass is 32.1. The third-order valence-electron chi connectivity index (χ3n) is 1.42. The first-order valence-corrected chi connectivity index (χ1v) is 4.22. The van der Waals surface area contributed by atoms with Crippen molar-refractivity contribution < 1.29 is 0 Å². The van der Waals surface area contributed by atoms with E-state index in [0.717, 1.165) is 0 Å². The Labute approximate surface area is 87.1 Å². The Morgan fingerprint density at radius 3 is 2.93 bits per heavy atom. The molecule has 0 bridgehead atoms. The average molecular weight is 204 g/mol. The lowest BCUT2D eigenvalue weighted by atomic mass is 10.3. The Bertz CT molecular complexity index is 391. The van der Waals surface area contributed by atoms with Crippen LogP contribution < -0.4 is 11.1 Å². The minimum Gasteiger partial charge on any atom is -0.389 e. The van der Waals surface area contributed by atoms with Gasteiger partial charge in [0.05, 0.1) is 0 Å². The lowest BCUT2D eigenvalue weighted by Crippen LogP contribution is -2.11. The minimum absolute atomic E-state index is 0.0657. The molecule has 1 aromatic heterocycles. The molecular formula is C9H8N4S. The average Bonchev–Trinajstić information content (AvgIpc) is 2.20. The zero-order valence-electron chi connectivity index (χ0n) is 7.27. The van der Waals surface area contributed by atoms with Crippen LogP contribution in [0.5, 0.6) is 0 Å². The van der Waals surface area contributed by atoms with E-state index in [1.807, 2.05) is 12.1 Å². The predicted octanol–water partition coefficient (Wildman–Crippen LogP) is 1.19. The van der Waals surface area contributed by atoms with Crippen molar-refractivity contribution in [2.45, 2.75) is 0 Å². The number of hydrogen-bond donors (Lipinski definition) is 2. The quantitative estimate of drug-likeness (QED) is 0.439. The first kappa shape index (κ1) is 10.2. The summed E-state index contributed by atoms with van der Waals surface area (Å²) in [6.45, 7) is 0. The number of nitrogens with two attached hydrogens (primary N) is 1. The van der Waals surface area contributed by atoms with Crippen molar-refractivity contribution in [3.63, 3.8) is 0 Å². The van der Waals surface area contributed by atoms with Crippen LogP contribution in [-0.2, 0) is 0 Å². The van der Waals surface area contributed by atoms with Crippen LogP contribution >= 0.6 is 12.2 Å². The fraction of sp³-hybridized carbons (Fsp3) is 0. The van der Waals surface area contributed by atoms with Gasteiger partial charge in [0.25, 0.3) is 0 Å². The normalized spacial score (nSPS) is 10.4. The van der Waals surface area contributed by atoms with Crippen molar-refractivity contribution in [1.82, 2.24) is 4.98 Å². The molecule has 0 amide bonds. The molecule has 0 radical (unpaired) electrons. The van der Waals surface area contributed by atoms with Crippen LogP contribution in [0.3, 0.4) is 0 Å². The zero-order valence-corrected chi connectivity index (χ0v) is 8.08. The number of aromatic nitrogens is 1. The Morgan fingerprint density at radius 1 is 1.64 bits per heavy atom. The van der Waals surface area contributed by atoms with Crippen molar-refractivity contribution in [2.24, 2.45) is 5.73 Å². The van der Waals surface area contributed by atoms with E-state index in [-0.39, 0.29) is 10.6 Å². The summed E-state index contributed by atoms with van der Waals surface area (Å²) in [5.41, 5.74) is 5.52. The number of pyridine rings is 1.